The van der Waals surface area contributed by atoms with E-state index < -0.39 is 46.3 Å². The molecule has 12 nitrogen and oxygen atoms in total. The van der Waals surface area contributed by atoms with Crippen LogP contribution >= 0.6 is 0 Å². The van der Waals surface area contributed by atoms with Crippen LogP contribution in [-0.2, 0) is 20.7 Å². The Morgan fingerprint density at radius 3 is 2.55 bits per heavy atom. The van der Waals surface area contributed by atoms with Gasteiger partial charge in [0.05, 0.1) is 18.2 Å². The number of fused-ring (bicyclic) bond motifs is 6. The van der Waals surface area contributed by atoms with E-state index in [-0.39, 0.29) is 52.4 Å². The van der Waals surface area contributed by atoms with Crippen molar-refractivity contribution in [3.05, 3.63) is 66.5 Å². The van der Waals surface area contributed by atoms with Crippen molar-refractivity contribution in [1.82, 2.24) is 24.7 Å². The average molecular weight is 738 g/mol. The summed E-state index contributed by atoms with van der Waals surface area (Å²) in [5.74, 6) is -3.90. The molecule has 1 aromatic carbocycles. The quantitative estimate of drug-likeness (QED) is 0.231. The summed E-state index contributed by atoms with van der Waals surface area (Å²) in [4.78, 5) is 14.9. The molecule has 0 spiro atoms. The summed E-state index contributed by atoms with van der Waals surface area (Å²) in [6, 6.07) is 11.2. The maximum Gasteiger partial charge on any atom is 0.397 e. The topological polar surface area (TPSA) is 145 Å². The van der Waals surface area contributed by atoms with Gasteiger partial charge in [0.25, 0.3) is 15.9 Å². The van der Waals surface area contributed by atoms with Crippen molar-refractivity contribution >= 4 is 21.7 Å². The Kier molecular flexibility index (Phi) is 9.71. The average Bonchev–Trinajstić information content (AvgIpc) is 3.71. The van der Waals surface area contributed by atoms with Crippen LogP contribution in [0.5, 0.6) is 5.88 Å². The summed E-state index contributed by atoms with van der Waals surface area (Å²) in [5, 5.41) is 13.8. The number of alkyl halides is 5. The molecule has 0 radical (unpaired) electrons. The van der Waals surface area contributed by atoms with Crippen LogP contribution in [-0.4, -0.2) is 84.0 Å². The monoisotopic (exact) mass is 737 g/mol. The summed E-state index contributed by atoms with van der Waals surface area (Å²) in [7, 11) is -4.40. The van der Waals surface area contributed by atoms with Crippen LogP contribution in [0.15, 0.2) is 66.0 Å². The van der Waals surface area contributed by atoms with E-state index in [1.165, 1.54) is 48.7 Å². The predicted molar refractivity (Wildman–Crippen MR) is 175 cm³/mol. The number of nitrogens with one attached hydrogen (secondary N) is 1. The van der Waals surface area contributed by atoms with Gasteiger partial charge in [-0.1, -0.05) is 30.3 Å². The molecule has 4 aromatic rings. The summed E-state index contributed by atoms with van der Waals surface area (Å²) >= 11 is 0. The highest BCUT2D eigenvalue weighted by molar-refractivity contribution is 7.92. The third-order valence-electron chi connectivity index (χ3n) is 8.83. The zero-order valence-corrected chi connectivity index (χ0v) is 28.5. The SMILES string of the molecule is CC(C)(COc1ccn(-c2ncc3nc2-c2ccccc2C(F)(F)COCCCN(CC2(CO)CC2)c2cccc(n2)S(=O)(=O)N3)n1)C(F)(F)F. The number of aliphatic hydroxyl groups is 1. The minimum Gasteiger partial charge on any atom is -0.476 e. The number of ether oxygens (including phenoxy) is 2. The van der Waals surface area contributed by atoms with Crippen molar-refractivity contribution < 1.29 is 45.0 Å². The lowest BCUT2D eigenvalue weighted by atomic mass is 9.94. The summed E-state index contributed by atoms with van der Waals surface area (Å²) in [5.41, 5.74) is -3.39. The highest BCUT2D eigenvalue weighted by Crippen LogP contribution is 2.46. The number of aromatic nitrogens is 5. The highest BCUT2D eigenvalue weighted by Gasteiger charge is 2.48. The normalized spacial score (nSPS) is 18.6. The minimum absolute atomic E-state index is 0.0539. The number of aliphatic hydroxyl groups excluding tert-OH is 1. The Bertz CT molecular complexity index is 1990. The van der Waals surface area contributed by atoms with Crippen LogP contribution < -0.4 is 14.4 Å². The van der Waals surface area contributed by atoms with Gasteiger partial charge in [0.1, 0.15) is 24.7 Å². The van der Waals surface area contributed by atoms with Crippen molar-refractivity contribution in [2.75, 3.05) is 49.1 Å². The predicted octanol–water partition coefficient (Wildman–Crippen LogP) is 5.58. The van der Waals surface area contributed by atoms with Crippen LogP contribution in [0, 0.1) is 10.8 Å². The molecular weight excluding hydrogens is 701 g/mol. The molecular formula is C33H36F5N7O5S. The number of halogens is 5. The molecule has 18 heteroatoms. The molecule has 2 N–H and O–H groups in total. The molecule has 4 heterocycles. The summed E-state index contributed by atoms with van der Waals surface area (Å²) in [6.07, 6.45) is -0.336. The second kappa shape index (κ2) is 13.6. The van der Waals surface area contributed by atoms with Crippen molar-refractivity contribution in [1.29, 1.82) is 0 Å². The van der Waals surface area contributed by atoms with Gasteiger partial charge in [-0.3, -0.25) is 4.72 Å². The van der Waals surface area contributed by atoms with Gasteiger partial charge in [0.15, 0.2) is 16.7 Å². The number of hydrogen-bond acceptors (Lipinski definition) is 10. The molecule has 1 aliphatic carbocycles. The number of pyridine rings is 1. The van der Waals surface area contributed by atoms with Gasteiger partial charge >= 0.3 is 6.18 Å². The standard InChI is InChI=1S/C33H36F5N7O5S/c1-30(2,33(36,37)38)20-50-26-11-15-45(42-26)29-28-22-7-3-4-8-23(22)32(34,35)21-49-16-6-14-44(18-31(19-46)12-13-31)25-9-5-10-27(41-25)51(47,48)43-24(40-28)17-39-29/h3-5,7-11,15,17,46H,6,12-14,16,18-21H2,1-2H3,(H,40,43). The van der Waals surface area contributed by atoms with E-state index in [2.05, 4.69) is 24.8 Å². The second-order valence-corrected chi connectivity index (χ2v) is 15.0. The summed E-state index contributed by atoms with van der Waals surface area (Å²) < 4.78 is 114. The fourth-order valence-corrected chi connectivity index (χ4v) is 6.35. The lowest BCUT2D eigenvalue weighted by molar-refractivity contribution is -0.219. The molecule has 2 aliphatic rings. The van der Waals surface area contributed by atoms with E-state index in [1.807, 2.05) is 4.90 Å². The lowest BCUT2D eigenvalue weighted by Gasteiger charge is -2.28. The van der Waals surface area contributed by atoms with Gasteiger partial charge in [-0.05, 0) is 45.2 Å². The largest absolute Gasteiger partial charge is 0.476 e. The molecule has 4 bridgehead atoms. The van der Waals surface area contributed by atoms with Gasteiger partial charge in [-0.15, -0.1) is 5.10 Å². The third-order valence-corrected chi connectivity index (χ3v) is 10.1. The Morgan fingerprint density at radius 2 is 1.82 bits per heavy atom. The zero-order valence-electron chi connectivity index (χ0n) is 27.7. The van der Waals surface area contributed by atoms with Crippen molar-refractivity contribution in [2.45, 2.75) is 50.2 Å². The molecule has 3 aromatic heterocycles. The molecule has 51 heavy (non-hydrogen) atoms. The summed E-state index contributed by atoms with van der Waals surface area (Å²) in [6.45, 7) is 0.772. The van der Waals surface area contributed by atoms with E-state index in [1.54, 1.807) is 6.07 Å². The third kappa shape index (κ3) is 7.92. The van der Waals surface area contributed by atoms with Crippen molar-refractivity contribution in [3.63, 3.8) is 0 Å². The van der Waals surface area contributed by atoms with E-state index in [0.717, 1.165) is 37.6 Å². The number of sulfonamides is 1. The Labute approximate surface area is 290 Å². The van der Waals surface area contributed by atoms with Crippen LogP contribution in [0.1, 0.15) is 38.7 Å². The van der Waals surface area contributed by atoms with Gasteiger partial charge in [-0.25, -0.2) is 19.6 Å². The van der Waals surface area contributed by atoms with Gasteiger partial charge in [-0.2, -0.15) is 30.4 Å². The first-order chi connectivity index (χ1) is 24.0. The molecule has 0 amide bonds. The zero-order chi connectivity index (χ0) is 36.7. The molecule has 6 rings (SSSR count). The molecule has 1 aliphatic heterocycles. The highest BCUT2D eigenvalue weighted by atomic mass is 32.2. The molecule has 0 saturated heterocycles. The molecule has 1 fully saturated rings. The first kappa shape index (κ1) is 36.4. The molecule has 0 unspecified atom stereocenters. The molecule has 1 saturated carbocycles. The van der Waals surface area contributed by atoms with E-state index in [9.17, 15) is 26.7 Å². The first-order valence-electron chi connectivity index (χ1n) is 16.1. The molecule has 274 valence electrons. The van der Waals surface area contributed by atoms with Gasteiger partial charge in [0, 0.05) is 48.5 Å². The lowest BCUT2D eigenvalue weighted by Crippen LogP contribution is -2.37. The maximum absolute atomic E-state index is 15.9. The fourth-order valence-electron chi connectivity index (χ4n) is 5.40. The molecule has 0 atom stereocenters. The van der Waals surface area contributed by atoms with Crippen LogP contribution in [0.2, 0.25) is 0 Å². The number of benzene rings is 1. The number of anilines is 2. The fraction of sp³-hybridized carbons (Fsp3) is 0.455. The van der Waals surface area contributed by atoms with Crippen LogP contribution in [0.3, 0.4) is 0 Å². The van der Waals surface area contributed by atoms with E-state index >= 15 is 8.78 Å². The van der Waals surface area contributed by atoms with E-state index in [0.29, 0.717) is 25.3 Å². The van der Waals surface area contributed by atoms with Crippen molar-refractivity contribution in [2.24, 2.45) is 10.8 Å². The minimum atomic E-state index is -4.55. The first-order valence-corrected chi connectivity index (χ1v) is 17.5. The van der Waals surface area contributed by atoms with Crippen molar-refractivity contribution in [3.8, 4) is 23.0 Å². The maximum atomic E-state index is 15.9. The van der Waals surface area contributed by atoms with Crippen LogP contribution in [0.25, 0.3) is 17.1 Å². The number of nitrogens with zero attached hydrogens (tertiary/aromatic N) is 6. The Balaban J connectivity index is 1.41. The number of rotatable bonds is 7. The van der Waals surface area contributed by atoms with E-state index in [4.69, 9.17) is 9.47 Å². The van der Waals surface area contributed by atoms with Gasteiger partial charge in [0.2, 0.25) is 5.88 Å². The smallest absolute Gasteiger partial charge is 0.397 e. The Morgan fingerprint density at radius 1 is 1.06 bits per heavy atom. The van der Waals surface area contributed by atoms with Crippen LogP contribution in [0.4, 0.5) is 33.6 Å². The Hall–Kier alpha value is -4.42. The number of hydrogen-bond donors (Lipinski definition) is 2. The second-order valence-electron chi connectivity index (χ2n) is 13.4. The van der Waals surface area contributed by atoms with Gasteiger partial charge < -0.3 is 19.5 Å².